The van der Waals surface area contributed by atoms with Crippen LogP contribution in [-0.2, 0) is 13.0 Å². The van der Waals surface area contributed by atoms with E-state index in [1.54, 1.807) is 11.8 Å². The highest BCUT2D eigenvalue weighted by atomic mass is 32.2. The Labute approximate surface area is 154 Å². The highest BCUT2D eigenvalue weighted by molar-refractivity contribution is 7.99. The zero-order valence-electron chi connectivity index (χ0n) is 15.2. The lowest BCUT2D eigenvalue weighted by atomic mass is 9.93. The molecule has 1 N–H and O–H groups in total. The molecule has 1 unspecified atom stereocenters. The van der Waals surface area contributed by atoms with Gasteiger partial charge < -0.3 is 5.32 Å². The molecule has 1 aliphatic heterocycles. The lowest BCUT2D eigenvalue weighted by Gasteiger charge is -2.34. The smallest absolute Gasteiger partial charge is 0.251 e. The fourth-order valence-electron chi connectivity index (χ4n) is 3.32. The molecule has 0 saturated carbocycles. The third kappa shape index (κ3) is 4.44. The third-order valence-electron chi connectivity index (χ3n) is 4.79. The average Bonchev–Trinajstić information content (AvgIpc) is 2.61. The molecule has 3 rings (SSSR count). The van der Waals surface area contributed by atoms with Gasteiger partial charge in [-0.25, -0.2) is 0 Å². The Morgan fingerprint density at radius 1 is 1.20 bits per heavy atom. The van der Waals surface area contributed by atoms with E-state index in [0.29, 0.717) is 12.6 Å². The first-order chi connectivity index (χ1) is 12.1. The summed E-state index contributed by atoms with van der Waals surface area (Å²) < 4.78 is 0. The van der Waals surface area contributed by atoms with E-state index in [1.807, 2.05) is 24.3 Å². The number of benzene rings is 2. The van der Waals surface area contributed by atoms with Crippen LogP contribution in [0.4, 0.5) is 0 Å². The van der Waals surface area contributed by atoms with Crippen molar-refractivity contribution in [3.8, 4) is 0 Å². The quantitative estimate of drug-likeness (QED) is 0.827. The van der Waals surface area contributed by atoms with E-state index in [4.69, 9.17) is 0 Å². The second-order valence-electron chi connectivity index (χ2n) is 6.71. The average molecular weight is 355 g/mol. The highest BCUT2D eigenvalue weighted by Crippen LogP contribution is 2.23. The Bertz CT molecular complexity index is 742. The molecule has 0 fully saturated rings. The van der Waals surface area contributed by atoms with Gasteiger partial charge >= 0.3 is 0 Å². The molecule has 1 heterocycles. The fraction of sp³-hybridized carbons (Fsp3) is 0.381. The van der Waals surface area contributed by atoms with Gasteiger partial charge in [0.25, 0.3) is 5.91 Å². The number of hydrogen-bond acceptors (Lipinski definition) is 3. The van der Waals surface area contributed by atoms with Crippen LogP contribution in [0.3, 0.4) is 0 Å². The number of rotatable bonds is 5. The standard InChI is InChI=1S/C21H26N2OS/c1-4-25-20-9-7-16(8-10-20)21(24)22-13-19-12-18-11-15(2)5-6-17(18)14-23(19)3/h5-11,19H,4,12-14H2,1-3H3,(H,22,24). The first kappa shape index (κ1) is 18.0. The predicted molar refractivity (Wildman–Crippen MR) is 105 cm³/mol. The fourth-order valence-corrected chi connectivity index (χ4v) is 3.98. The van der Waals surface area contributed by atoms with Crippen LogP contribution < -0.4 is 5.32 Å². The molecule has 2 aromatic carbocycles. The molecule has 0 aliphatic carbocycles. The van der Waals surface area contributed by atoms with Gasteiger partial charge in [-0.15, -0.1) is 11.8 Å². The largest absolute Gasteiger partial charge is 0.350 e. The van der Waals surface area contributed by atoms with E-state index in [-0.39, 0.29) is 5.91 Å². The number of hydrogen-bond donors (Lipinski definition) is 1. The molecule has 2 aromatic rings. The van der Waals surface area contributed by atoms with Gasteiger partial charge in [0, 0.05) is 29.6 Å². The van der Waals surface area contributed by atoms with Crippen LogP contribution in [-0.4, -0.2) is 36.2 Å². The van der Waals surface area contributed by atoms with Crippen molar-refractivity contribution < 1.29 is 4.79 Å². The molecule has 1 atom stereocenters. The Morgan fingerprint density at radius 3 is 2.68 bits per heavy atom. The maximum absolute atomic E-state index is 12.4. The predicted octanol–water partition coefficient (Wildman–Crippen LogP) is 3.89. The van der Waals surface area contributed by atoms with E-state index in [1.165, 1.54) is 21.6 Å². The summed E-state index contributed by atoms with van der Waals surface area (Å²) in [4.78, 5) is 16.0. The van der Waals surface area contributed by atoms with Crippen molar-refractivity contribution in [1.82, 2.24) is 10.2 Å². The number of likely N-dealkylation sites (N-methyl/N-ethyl adjacent to an activating group) is 1. The van der Waals surface area contributed by atoms with E-state index in [9.17, 15) is 4.79 Å². The van der Waals surface area contributed by atoms with Gasteiger partial charge in [-0.05, 0) is 61.5 Å². The summed E-state index contributed by atoms with van der Waals surface area (Å²) in [6.45, 7) is 5.88. The summed E-state index contributed by atoms with van der Waals surface area (Å²) in [7, 11) is 2.14. The summed E-state index contributed by atoms with van der Waals surface area (Å²) in [5, 5.41) is 3.11. The van der Waals surface area contributed by atoms with Crippen molar-refractivity contribution in [3.05, 3.63) is 64.7 Å². The molecule has 132 valence electrons. The number of amides is 1. The molecule has 0 bridgehead atoms. The molecule has 3 nitrogen and oxygen atoms in total. The first-order valence-electron chi connectivity index (χ1n) is 8.86. The second-order valence-corrected chi connectivity index (χ2v) is 8.05. The topological polar surface area (TPSA) is 32.3 Å². The van der Waals surface area contributed by atoms with Gasteiger partial charge in [-0.3, -0.25) is 9.69 Å². The summed E-state index contributed by atoms with van der Waals surface area (Å²) in [6, 6.07) is 14.9. The minimum Gasteiger partial charge on any atom is -0.350 e. The minimum atomic E-state index is 0.0106. The molecule has 0 aromatic heterocycles. The maximum Gasteiger partial charge on any atom is 0.251 e. The zero-order valence-corrected chi connectivity index (χ0v) is 16.0. The van der Waals surface area contributed by atoms with Crippen LogP contribution in [0.15, 0.2) is 47.4 Å². The number of carbonyl (C=O) groups is 1. The van der Waals surface area contributed by atoms with E-state index in [0.717, 1.165) is 24.3 Å². The normalized spacial score (nSPS) is 17.2. The molecule has 25 heavy (non-hydrogen) atoms. The van der Waals surface area contributed by atoms with Crippen LogP contribution in [0.1, 0.15) is 34.0 Å². The van der Waals surface area contributed by atoms with E-state index < -0.39 is 0 Å². The lowest BCUT2D eigenvalue weighted by Crippen LogP contribution is -2.45. The number of carbonyl (C=O) groups excluding carboxylic acids is 1. The number of nitrogens with one attached hydrogen (secondary N) is 1. The number of thioether (sulfide) groups is 1. The first-order valence-corrected chi connectivity index (χ1v) is 9.85. The molecular weight excluding hydrogens is 328 g/mol. The van der Waals surface area contributed by atoms with Crippen LogP contribution in [0, 0.1) is 6.92 Å². The van der Waals surface area contributed by atoms with E-state index >= 15 is 0 Å². The van der Waals surface area contributed by atoms with Gasteiger partial charge in [0.05, 0.1) is 0 Å². The summed E-state index contributed by atoms with van der Waals surface area (Å²) in [5.41, 5.74) is 4.85. The number of nitrogens with zero attached hydrogens (tertiary/aromatic N) is 1. The van der Waals surface area contributed by atoms with E-state index in [2.05, 4.69) is 49.3 Å². The molecule has 0 radical (unpaired) electrons. The van der Waals surface area contributed by atoms with Crippen LogP contribution >= 0.6 is 11.8 Å². The lowest BCUT2D eigenvalue weighted by molar-refractivity contribution is 0.0934. The van der Waals surface area contributed by atoms with Gasteiger partial charge in [0.2, 0.25) is 0 Å². The number of aryl methyl sites for hydroxylation is 1. The molecule has 0 spiro atoms. The molecule has 0 saturated heterocycles. The summed E-state index contributed by atoms with van der Waals surface area (Å²) in [5.74, 6) is 1.05. The van der Waals surface area contributed by atoms with Crippen LogP contribution in [0.25, 0.3) is 0 Å². The Kier molecular flexibility index (Phi) is 5.82. The molecule has 1 amide bonds. The van der Waals surface area contributed by atoms with Crippen LogP contribution in [0.5, 0.6) is 0 Å². The summed E-state index contributed by atoms with van der Waals surface area (Å²) in [6.07, 6.45) is 0.986. The molecule has 1 aliphatic rings. The Hall–Kier alpha value is -1.78. The van der Waals surface area contributed by atoms with Gasteiger partial charge in [-0.2, -0.15) is 0 Å². The second kappa shape index (κ2) is 8.07. The maximum atomic E-state index is 12.4. The van der Waals surface area contributed by atoms with Crippen molar-refractivity contribution in [3.63, 3.8) is 0 Å². The van der Waals surface area contributed by atoms with Gasteiger partial charge in [0.1, 0.15) is 0 Å². The van der Waals surface area contributed by atoms with Crippen molar-refractivity contribution in [2.75, 3.05) is 19.3 Å². The molecular formula is C21H26N2OS. The van der Waals surface area contributed by atoms with Crippen molar-refractivity contribution in [2.45, 2.75) is 37.8 Å². The third-order valence-corrected chi connectivity index (χ3v) is 5.68. The SMILES string of the molecule is CCSc1ccc(C(=O)NCC2Cc3cc(C)ccc3CN2C)cc1. The number of fused-ring (bicyclic) bond motifs is 1. The van der Waals surface area contributed by atoms with Crippen molar-refractivity contribution in [2.24, 2.45) is 0 Å². The summed E-state index contributed by atoms with van der Waals surface area (Å²) >= 11 is 1.79. The van der Waals surface area contributed by atoms with Crippen molar-refractivity contribution >= 4 is 17.7 Å². The molecule has 4 heteroatoms. The minimum absolute atomic E-state index is 0.0106. The van der Waals surface area contributed by atoms with Crippen molar-refractivity contribution in [1.29, 1.82) is 0 Å². The highest BCUT2D eigenvalue weighted by Gasteiger charge is 2.23. The Morgan fingerprint density at radius 2 is 1.96 bits per heavy atom. The Balaban J connectivity index is 1.60. The van der Waals surface area contributed by atoms with Crippen LogP contribution in [0.2, 0.25) is 0 Å². The zero-order chi connectivity index (χ0) is 17.8. The monoisotopic (exact) mass is 354 g/mol. The van der Waals surface area contributed by atoms with Gasteiger partial charge in [0.15, 0.2) is 0 Å². The van der Waals surface area contributed by atoms with Gasteiger partial charge in [-0.1, -0.05) is 30.7 Å².